The van der Waals surface area contributed by atoms with Crippen LogP contribution in [0, 0.1) is 13.8 Å². The van der Waals surface area contributed by atoms with Gasteiger partial charge in [0.05, 0.1) is 0 Å². The van der Waals surface area contributed by atoms with E-state index in [0.717, 1.165) is 17.5 Å². The van der Waals surface area contributed by atoms with Gasteiger partial charge in [-0.2, -0.15) is 0 Å². The fourth-order valence-electron chi connectivity index (χ4n) is 3.12. The first-order valence-corrected chi connectivity index (χ1v) is 6.11. The van der Waals surface area contributed by atoms with Gasteiger partial charge in [0.2, 0.25) is 0 Å². The number of phenolic OH excluding ortho intramolecular Hbond substituents is 1. The van der Waals surface area contributed by atoms with Crippen LogP contribution in [0.4, 0.5) is 5.69 Å². The molecule has 0 aromatic heterocycles. The molecule has 1 fully saturated rings. The van der Waals surface area contributed by atoms with Crippen LogP contribution in [0.25, 0.3) is 0 Å². The molecule has 0 unspecified atom stereocenters. The molecule has 1 aromatic rings. The molecule has 1 aliphatic carbocycles. The van der Waals surface area contributed by atoms with Gasteiger partial charge in [-0.05, 0) is 62.3 Å². The second kappa shape index (κ2) is 2.93. The van der Waals surface area contributed by atoms with Crippen LogP contribution < -0.4 is 4.90 Å². The van der Waals surface area contributed by atoms with E-state index in [0.29, 0.717) is 11.3 Å². The van der Waals surface area contributed by atoms with E-state index in [4.69, 9.17) is 0 Å². The van der Waals surface area contributed by atoms with Gasteiger partial charge < -0.3 is 10.0 Å². The van der Waals surface area contributed by atoms with Crippen molar-refractivity contribution in [2.45, 2.75) is 45.1 Å². The van der Waals surface area contributed by atoms with E-state index in [2.05, 4.69) is 18.0 Å². The molecule has 0 saturated heterocycles. The lowest BCUT2D eigenvalue weighted by molar-refractivity contribution is 0.462. The van der Waals surface area contributed by atoms with Gasteiger partial charge in [-0.3, -0.25) is 0 Å². The fourth-order valence-corrected chi connectivity index (χ4v) is 3.12. The molecule has 86 valence electrons. The minimum atomic E-state index is 0.461. The minimum Gasteiger partial charge on any atom is -0.507 e. The van der Waals surface area contributed by atoms with Gasteiger partial charge in [0.1, 0.15) is 5.75 Å². The van der Waals surface area contributed by atoms with Gasteiger partial charge in [0, 0.05) is 18.3 Å². The van der Waals surface area contributed by atoms with Crippen LogP contribution in [0.15, 0.2) is 6.07 Å². The lowest BCUT2D eigenvalue weighted by atomic mass is 9.89. The highest BCUT2D eigenvalue weighted by molar-refractivity contribution is 5.66. The van der Waals surface area contributed by atoms with Crippen molar-refractivity contribution in [2.24, 2.45) is 0 Å². The minimum absolute atomic E-state index is 0.461. The highest BCUT2D eigenvalue weighted by Crippen LogP contribution is 2.52. The average molecular weight is 217 g/mol. The summed E-state index contributed by atoms with van der Waals surface area (Å²) in [4.78, 5) is 2.45. The molecular weight excluding hydrogens is 198 g/mol. The predicted molar refractivity (Wildman–Crippen MR) is 66.3 cm³/mol. The van der Waals surface area contributed by atoms with Crippen LogP contribution in [0.1, 0.15) is 36.0 Å². The Morgan fingerprint density at radius 1 is 1.25 bits per heavy atom. The van der Waals surface area contributed by atoms with Crippen molar-refractivity contribution in [3.63, 3.8) is 0 Å². The van der Waals surface area contributed by atoms with Crippen molar-refractivity contribution in [2.75, 3.05) is 11.9 Å². The summed E-state index contributed by atoms with van der Waals surface area (Å²) in [6.07, 6.45) is 5.04. The molecule has 1 N–H and O–H groups in total. The maximum atomic E-state index is 9.98. The first-order valence-electron chi connectivity index (χ1n) is 6.11. The SMILES string of the molecule is Cc1cc2c(c(C)c1O)CCC1(CC1)N2C. The molecule has 1 saturated carbocycles. The summed E-state index contributed by atoms with van der Waals surface area (Å²) in [5.41, 5.74) is 5.24. The molecule has 1 heterocycles. The summed E-state index contributed by atoms with van der Waals surface area (Å²) < 4.78 is 0. The predicted octanol–water partition coefficient (Wildman–Crippen LogP) is 2.92. The molecule has 3 rings (SSSR count). The molecule has 2 heteroatoms. The van der Waals surface area contributed by atoms with Crippen LogP contribution in [-0.4, -0.2) is 17.7 Å². The topological polar surface area (TPSA) is 23.5 Å². The van der Waals surface area contributed by atoms with E-state index in [9.17, 15) is 5.11 Å². The van der Waals surface area contributed by atoms with Crippen LogP contribution in [0.3, 0.4) is 0 Å². The zero-order valence-corrected chi connectivity index (χ0v) is 10.3. The number of fused-ring (bicyclic) bond motifs is 1. The summed E-state index contributed by atoms with van der Waals surface area (Å²) in [6.45, 7) is 4.03. The molecule has 2 aliphatic rings. The van der Waals surface area contributed by atoms with Crippen molar-refractivity contribution in [1.82, 2.24) is 0 Å². The number of aryl methyl sites for hydroxylation is 1. The monoisotopic (exact) mass is 217 g/mol. The largest absolute Gasteiger partial charge is 0.507 e. The maximum absolute atomic E-state index is 9.98. The lowest BCUT2D eigenvalue weighted by Gasteiger charge is -2.38. The quantitative estimate of drug-likeness (QED) is 0.722. The number of hydrogen-bond donors (Lipinski definition) is 1. The molecule has 2 nitrogen and oxygen atoms in total. The number of phenols is 1. The first-order chi connectivity index (χ1) is 7.55. The number of aromatic hydroxyl groups is 1. The summed E-state index contributed by atoms with van der Waals surface area (Å²) in [7, 11) is 2.21. The zero-order chi connectivity index (χ0) is 11.5. The van der Waals surface area contributed by atoms with E-state index in [1.807, 2.05) is 13.8 Å². The van der Waals surface area contributed by atoms with Gasteiger partial charge in [-0.15, -0.1) is 0 Å². The third-order valence-electron chi connectivity index (χ3n) is 4.58. The summed E-state index contributed by atoms with van der Waals surface area (Å²) in [5, 5.41) is 9.98. The van der Waals surface area contributed by atoms with Crippen LogP contribution >= 0.6 is 0 Å². The van der Waals surface area contributed by atoms with Crippen LogP contribution in [0.2, 0.25) is 0 Å². The van der Waals surface area contributed by atoms with E-state index >= 15 is 0 Å². The molecule has 16 heavy (non-hydrogen) atoms. The second-order valence-corrected chi connectivity index (χ2v) is 5.45. The van der Waals surface area contributed by atoms with Crippen LogP contribution in [-0.2, 0) is 6.42 Å². The molecule has 0 radical (unpaired) electrons. The van der Waals surface area contributed by atoms with Gasteiger partial charge in [0.25, 0.3) is 0 Å². The normalized spacial score (nSPS) is 21.1. The Hall–Kier alpha value is -1.18. The lowest BCUT2D eigenvalue weighted by Crippen LogP contribution is -2.38. The molecule has 0 atom stereocenters. The average Bonchev–Trinajstić information content (AvgIpc) is 3.03. The summed E-state index contributed by atoms with van der Waals surface area (Å²) in [5.74, 6) is 0.485. The Morgan fingerprint density at radius 2 is 1.94 bits per heavy atom. The van der Waals surface area contributed by atoms with Gasteiger partial charge in [-0.1, -0.05) is 0 Å². The molecule has 1 aliphatic heterocycles. The second-order valence-electron chi connectivity index (χ2n) is 5.45. The Balaban J connectivity index is 2.17. The van der Waals surface area contributed by atoms with Crippen LogP contribution in [0.5, 0.6) is 5.75 Å². The summed E-state index contributed by atoms with van der Waals surface area (Å²) >= 11 is 0. The number of anilines is 1. The van der Waals surface area contributed by atoms with E-state index in [-0.39, 0.29) is 0 Å². The third-order valence-corrected chi connectivity index (χ3v) is 4.58. The van der Waals surface area contributed by atoms with Crippen molar-refractivity contribution in [3.8, 4) is 5.75 Å². The Kier molecular flexibility index (Phi) is 1.84. The van der Waals surface area contributed by atoms with Crippen molar-refractivity contribution in [3.05, 3.63) is 22.8 Å². The Labute approximate surface area is 96.9 Å². The molecule has 0 amide bonds. The van der Waals surface area contributed by atoms with Gasteiger partial charge in [0.15, 0.2) is 0 Å². The van der Waals surface area contributed by atoms with Gasteiger partial charge >= 0.3 is 0 Å². The van der Waals surface area contributed by atoms with E-state index < -0.39 is 0 Å². The van der Waals surface area contributed by atoms with Crippen molar-refractivity contribution >= 4 is 5.69 Å². The maximum Gasteiger partial charge on any atom is 0.121 e. The Bertz CT molecular complexity index is 460. The smallest absolute Gasteiger partial charge is 0.121 e. The molecule has 1 aromatic carbocycles. The third kappa shape index (κ3) is 1.13. The molecular formula is C14H19NO. The van der Waals surface area contributed by atoms with Gasteiger partial charge in [-0.25, -0.2) is 0 Å². The van der Waals surface area contributed by atoms with Crippen molar-refractivity contribution < 1.29 is 5.11 Å². The Morgan fingerprint density at radius 3 is 2.56 bits per heavy atom. The number of benzene rings is 1. The van der Waals surface area contributed by atoms with E-state index in [1.165, 1.54) is 30.5 Å². The fraction of sp³-hybridized carbons (Fsp3) is 0.571. The highest BCUT2D eigenvalue weighted by atomic mass is 16.3. The molecule has 1 spiro atoms. The molecule has 0 bridgehead atoms. The standard InChI is InChI=1S/C14H19NO/c1-9-8-12-11(10(2)13(9)16)4-5-14(6-7-14)15(12)3/h8,16H,4-7H2,1-3H3. The number of hydrogen-bond acceptors (Lipinski definition) is 2. The zero-order valence-electron chi connectivity index (χ0n) is 10.3. The summed E-state index contributed by atoms with van der Waals surface area (Å²) in [6, 6.07) is 2.15. The van der Waals surface area contributed by atoms with Crippen molar-refractivity contribution in [1.29, 1.82) is 0 Å². The number of nitrogens with zero attached hydrogens (tertiary/aromatic N) is 1. The van der Waals surface area contributed by atoms with E-state index in [1.54, 1.807) is 0 Å². The highest BCUT2D eigenvalue weighted by Gasteiger charge is 2.48. The first kappa shape index (κ1) is 10.0. The number of rotatable bonds is 0.